The maximum absolute atomic E-state index is 14.6. The van der Waals surface area contributed by atoms with Crippen molar-refractivity contribution in [2.45, 2.75) is 32.9 Å². The van der Waals surface area contributed by atoms with Crippen molar-refractivity contribution < 1.29 is 4.39 Å². The number of benzene rings is 2. The third-order valence-electron chi connectivity index (χ3n) is 3.81. The van der Waals surface area contributed by atoms with Gasteiger partial charge in [0.1, 0.15) is 5.67 Å². The molecule has 0 bridgehead atoms. The highest BCUT2D eigenvalue weighted by atomic mass is 19.1. The minimum absolute atomic E-state index is 0.460. The summed E-state index contributed by atoms with van der Waals surface area (Å²) in [4.78, 5) is 0. The van der Waals surface area contributed by atoms with Crippen molar-refractivity contribution in [3.05, 3.63) is 53.6 Å². The van der Waals surface area contributed by atoms with E-state index in [9.17, 15) is 4.39 Å². The van der Waals surface area contributed by atoms with Crippen molar-refractivity contribution in [2.24, 2.45) is 0 Å². The van der Waals surface area contributed by atoms with Crippen LogP contribution in [0.25, 0.3) is 11.1 Å². The summed E-state index contributed by atoms with van der Waals surface area (Å²) in [6, 6.07) is 13.5. The fraction of sp³-hybridized carbons (Fsp3) is 0.294. The molecule has 0 aliphatic heterocycles. The van der Waals surface area contributed by atoms with Crippen LogP contribution in [0.1, 0.15) is 31.4 Å². The summed E-state index contributed by atoms with van der Waals surface area (Å²) in [6.45, 7) is 5.46. The molecule has 1 unspecified atom stereocenters. The van der Waals surface area contributed by atoms with Gasteiger partial charge in [-0.25, -0.2) is 4.39 Å². The zero-order valence-corrected chi connectivity index (χ0v) is 11.7. The first kappa shape index (κ1) is 13.6. The second kappa shape index (κ2) is 5.04. The van der Waals surface area contributed by atoms with Crippen molar-refractivity contribution in [1.82, 2.24) is 0 Å². The number of rotatable bonds is 3. The Morgan fingerprint density at radius 2 is 1.68 bits per heavy atom. The fourth-order valence-corrected chi connectivity index (χ4v) is 2.42. The van der Waals surface area contributed by atoms with E-state index in [1.54, 1.807) is 6.92 Å². The van der Waals surface area contributed by atoms with Crippen LogP contribution in [0.4, 0.5) is 10.1 Å². The highest BCUT2D eigenvalue weighted by molar-refractivity contribution is 5.79. The first-order chi connectivity index (χ1) is 8.97. The van der Waals surface area contributed by atoms with Gasteiger partial charge in [-0.1, -0.05) is 43.3 Å². The molecule has 1 nitrogen and oxygen atoms in total. The Balaban J connectivity index is 2.62. The van der Waals surface area contributed by atoms with E-state index in [-0.39, 0.29) is 0 Å². The lowest BCUT2D eigenvalue weighted by atomic mass is 9.87. The number of halogens is 1. The number of nitrogens with two attached hydrogens (primary N) is 1. The second-order valence-electron chi connectivity index (χ2n) is 5.12. The van der Waals surface area contributed by atoms with Gasteiger partial charge >= 0.3 is 0 Å². The van der Waals surface area contributed by atoms with Gasteiger partial charge in [-0.15, -0.1) is 0 Å². The van der Waals surface area contributed by atoms with E-state index in [1.807, 2.05) is 56.3 Å². The standard InChI is InChI=1S/C17H20FN/c1-4-17(3,18)15-10-7-9-13(12(15)2)14-8-5-6-11-16(14)19/h5-11H,4,19H2,1-3H3. The van der Waals surface area contributed by atoms with E-state index in [1.165, 1.54) is 0 Å². The number of hydrogen-bond acceptors (Lipinski definition) is 1. The van der Waals surface area contributed by atoms with E-state index in [0.717, 1.165) is 27.9 Å². The lowest BCUT2D eigenvalue weighted by Crippen LogP contribution is -2.15. The van der Waals surface area contributed by atoms with E-state index in [2.05, 4.69) is 0 Å². The molecule has 2 rings (SSSR count). The van der Waals surface area contributed by atoms with Crippen LogP contribution < -0.4 is 5.73 Å². The van der Waals surface area contributed by atoms with Gasteiger partial charge in [-0.3, -0.25) is 0 Å². The molecule has 0 aromatic heterocycles. The van der Waals surface area contributed by atoms with Crippen LogP contribution in [-0.4, -0.2) is 0 Å². The highest BCUT2D eigenvalue weighted by Gasteiger charge is 2.26. The van der Waals surface area contributed by atoms with E-state index in [4.69, 9.17) is 5.73 Å². The van der Waals surface area contributed by atoms with Gasteiger partial charge in [0.2, 0.25) is 0 Å². The van der Waals surface area contributed by atoms with E-state index in [0.29, 0.717) is 6.42 Å². The van der Waals surface area contributed by atoms with Gasteiger partial charge < -0.3 is 5.73 Å². The molecule has 0 aliphatic rings. The predicted octanol–water partition coefficient (Wildman–Crippen LogP) is 4.84. The summed E-state index contributed by atoms with van der Waals surface area (Å²) >= 11 is 0. The summed E-state index contributed by atoms with van der Waals surface area (Å²) in [7, 11) is 0. The average Bonchev–Trinajstić information content (AvgIpc) is 2.40. The third kappa shape index (κ3) is 2.48. The third-order valence-corrected chi connectivity index (χ3v) is 3.81. The average molecular weight is 257 g/mol. The maximum atomic E-state index is 14.6. The number of anilines is 1. The Bertz CT molecular complexity index is 588. The Morgan fingerprint density at radius 3 is 2.32 bits per heavy atom. The number of para-hydroxylation sites is 1. The molecule has 1 atom stereocenters. The normalized spacial score (nSPS) is 14.1. The summed E-state index contributed by atoms with van der Waals surface area (Å²) in [6.07, 6.45) is 0.460. The van der Waals surface area contributed by atoms with Crippen LogP contribution in [0.2, 0.25) is 0 Å². The molecule has 0 amide bonds. The molecule has 2 N–H and O–H groups in total. The summed E-state index contributed by atoms with van der Waals surface area (Å²) in [5, 5.41) is 0. The largest absolute Gasteiger partial charge is 0.398 e. The lowest BCUT2D eigenvalue weighted by molar-refractivity contribution is 0.184. The van der Waals surface area contributed by atoms with Gasteiger partial charge in [0.05, 0.1) is 0 Å². The number of hydrogen-bond donors (Lipinski definition) is 1. The molecule has 2 heteroatoms. The van der Waals surface area contributed by atoms with Crippen molar-refractivity contribution in [3.63, 3.8) is 0 Å². The van der Waals surface area contributed by atoms with Crippen molar-refractivity contribution in [2.75, 3.05) is 5.73 Å². The van der Waals surface area contributed by atoms with Crippen molar-refractivity contribution >= 4 is 5.69 Å². The SMILES string of the molecule is CCC(C)(F)c1cccc(-c2ccccc2N)c1C. The molecule has 0 saturated carbocycles. The van der Waals surface area contributed by atoms with Gasteiger partial charge in [0.15, 0.2) is 0 Å². The zero-order valence-electron chi connectivity index (χ0n) is 11.7. The summed E-state index contributed by atoms with van der Waals surface area (Å²) < 4.78 is 14.6. The Labute approximate surface area is 114 Å². The molecule has 100 valence electrons. The summed E-state index contributed by atoms with van der Waals surface area (Å²) in [5.74, 6) is 0. The number of alkyl halides is 1. The Kier molecular flexibility index (Phi) is 3.61. The molecule has 2 aromatic rings. The van der Waals surface area contributed by atoms with Crippen LogP contribution in [-0.2, 0) is 5.67 Å². The van der Waals surface area contributed by atoms with Crippen LogP contribution in [0, 0.1) is 6.92 Å². The molecule has 0 fully saturated rings. The second-order valence-corrected chi connectivity index (χ2v) is 5.12. The van der Waals surface area contributed by atoms with E-state index >= 15 is 0 Å². The van der Waals surface area contributed by atoms with Gasteiger partial charge in [0.25, 0.3) is 0 Å². The smallest absolute Gasteiger partial charge is 0.133 e. The minimum Gasteiger partial charge on any atom is -0.398 e. The molecular weight excluding hydrogens is 237 g/mol. The molecular formula is C17H20FN. The molecule has 0 spiro atoms. The minimum atomic E-state index is -1.30. The fourth-order valence-electron chi connectivity index (χ4n) is 2.42. The predicted molar refractivity (Wildman–Crippen MR) is 79.8 cm³/mol. The molecule has 19 heavy (non-hydrogen) atoms. The van der Waals surface area contributed by atoms with Crippen LogP contribution in [0.5, 0.6) is 0 Å². The van der Waals surface area contributed by atoms with Crippen LogP contribution >= 0.6 is 0 Å². The van der Waals surface area contributed by atoms with Gasteiger partial charge in [-0.05, 0) is 43.0 Å². The maximum Gasteiger partial charge on any atom is 0.133 e. The highest BCUT2D eigenvalue weighted by Crippen LogP contribution is 2.37. The monoisotopic (exact) mass is 257 g/mol. The van der Waals surface area contributed by atoms with E-state index < -0.39 is 5.67 Å². The zero-order chi connectivity index (χ0) is 14.0. The molecule has 0 aliphatic carbocycles. The number of nitrogen functional groups attached to an aromatic ring is 1. The first-order valence-corrected chi connectivity index (χ1v) is 6.61. The molecule has 0 heterocycles. The lowest BCUT2D eigenvalue weighted by Gasteiger charge is -2.23. The Morgan fingerprint density at radius 1 is 1.05 bits per heavy atom. The molecule has 0 saturated heterocycles. The van der Waals surface area contributed by atoms with Crippen LogP contribution in [0.3, 0.4) is 0 Å². The first-order valence-electron chi connectivity index (χ1n) is 6.61. The topological polar surface area (TPSA) is 26.0 Å². The van der Waals surface area contributed by atoms with Crippen molar-refractivity contribution in [3.8, 4) is 11.1 Å². The molecule has 0 radical (unpaired) electrons. The Hall–Kier alpha value is -1.83. The quantitative estimate of drug-likeness (QED) is 0.782. The van der Waals surface area contributed by atoms with Crippen molar-refractivity contribution in [1.29, 1.82) is 0 Å². The summed E-state index contributed by atoms with van der Waals surface area (Å²) in [5.41, 5.74) is 9.12. The van der Waals surface area contributed by atoms with Crippen LogP contribution in [0.15, 0.2) is 42.5 Å². The molecule has 2 aromatic carbocycles. The van der Waals surface area contributed by atoms with Gasteiger partial charge in [-0.2, -0.15) is 0 Å². The van der Waals surface area contributed by atoms with Gasteiger partial charge in [0, 0.05) is 11.3 Å².